The van der Waals surface area contributed by atoms with Crippen LogP contribution in [0.1, 0.15) is 16.0 Å². The Kier molecular flexibility index (Phi) is 5.34. The summed E-state index contributed by atoms with van der Waals surface area (Å²) in [6, 6.07) is 8.78. The molecule has 1 N–H and O–H groups in total. The van der Waals surface area contributed by atoms with Crippen molar-refractivity contribution in [2.45, 2.75) is 19.4 Å². The maximum atomic E-state index is 4.10. The lowest BCUT2D eigenvalue weighted by atomic mass is 10.0. The molecule has 2 aromatic rings. The molecule has 0 fully saturated rings. The second-order valence-electron chi connectivity index (χ2n) is 4.56. The van der Waals surface area contributed by atoms with Crippen LogP contribution in [0.25, 0.3) is 0 Å². The minimum Gasteiger partial charge on any atom is -0.253 e. The summed E-state index contributed by atoms with van der Waals surface area (Å²) in [5, 5.41) is 2.33. The number of hydrazine groups is 1. The van der Waals surface area contributed by atoms with Crippen molar-refractivity contribution in [3.05, 3.63) is 52.0 Å². The Labute approximate surface area is 124 Å². The summed E-state index contributed by atoms with van der Waals surface area (Å²) >= 11 is 1.70. The summed E-state index contributed by atoms with van der Waals surface area (Å²) in [6.45, 7) is 3.05. The highest BCUT2D eigenvalue weighted by molar-refractivity contribution is 7.09. The van der Waals surface area contributed by atoms with Crippen LogP contribution in [-0.4, -0.2) is 23.1 Å². The van der Waals surface area contributed by atoms with Gasteiger partial charge in [-0.1, -0.05) is 24.3 Å². The number of hydrogen-bond acceptors (Lipinski definition) is 4. The van der Waals surface area contributed by atoms with Gasteiger partial charge < -0.3 is 0 Å². The smallest absolute Gasteiger partial charge is 0.0794 e. The lowest BCUT2D eigenvalue weighted by Gasteiger charge is -2.20. The van der Waals surface area contributed by atoms with E-state index in [2.05, 4.69) is 39.7 Å². The topological polar surface area (TPSA) is 28.2 Å². The highest BCUT2D eigenvalue weighted by atomic mass is 35.5. The zero-order valence-electron chi connectivity index (χ0n) is 10.7. The molecule has 0 spiro atoms. The molecule has 1 aromatic carbocycles. The Bertz CT molecular complexity index is 471. The van der Waals surface area contributed by atoms with Crippen LogP contribution >= 0.6 is 23.7 Å². The van der Waals surface area contributed by atoms with E-state index < -0.39 is 0 Å². The van der Waals surface area contributed by atoms with Gasteiger partial charge in [0.05, 0.1) is 5.51 Å². The summed E-state index contributed by atoms with van der Waals surface area (Å²) in [7, 11) is 0. The maximum absolute atomic E-state index is 4.10. The third-order valence-electron chi connectivity index (χ3n) is 3.38. The molecule has 2 heterocycles. The van der Waals surface area contributed by atoms with Gasteiger partial charge in [0.15, 0.2) is 0 Å². The molecule has 3 nitrogen and oxygen atoms in total. The molecule has 1 aromatic heterocycles. The average molecular weight is 296 g/mol. The summed E-state index contributed by atoms with van der Waals surface area (Å²) in [5.74, 6) is 0. The van der Waals surface area contributed by atoms with E-state index in [4.69, 9.17) is 0 Å². The molecule has 0 atom stereocenters. The van der Waals surface area contributed by atoms with Gasteiger partial charge in [-0.2, -0.15) is 0 Å². The van der Waals surface area contributed by atoms with Crippen molar-refractivity contribution >= 4 is 23.7 Å². The van der Waals surface area contributed by atoms with Crippen LogP contribution in [0.3, 0.4) is 0 Å². The van der Waals surface area contributed by atoms with Crippen molar-refractivity contribution in [1.29, 1.82) is 0 Å². The molecule has 0 amide bonds. The average Bonchev–Trinajstić information content (AvgIpc) is 2.84. The number of nitrogens with one attached hydrogen (secondary N) is 1. The number of nitrogens with zero attached hydrogens (tertiary/aromatic N) is 2. The van der Waals surface area contributed by atoms with Gasteiger partial charge in [0.1, 0.15) is 0 Å². The van der Waals surface area contributed by atoms with Gasteiger partial charge in [0.2, 0.25) is 0 Å². The second-order valence-corrected chi connectivity index (χ2v) is 5.53. The molecule has 0 saturated carbocycles. The first-order valence-corrected chi connectivity index (χ1v) is 7.22. The van der Waals surface area contributed by atoms with Gasteiger partial charge in [-0.15, -0.1) is 23.7 Å². The second kappa shape index (κ2) is 7.01. The van der Waals surface area contributed by atoms with E-state index in [1.54, 1.807) is 11.3 Å². The van der Waals surface area contributed by atoms with Crippen molar-refractivity contribution < 1.29 is 0 Å². The molecule has 0 saturated heterocycles. The van der Waals surface area contributed by atoms with E-state index in [1.807, 2.05) is 11.7 Å². The Balaban J connectivity index is 0.00000133. The third kappa shape index (κ3) is 3.76. The SMILES string of the molecule is Cl.c1ccc2c(c1)CCN(NCc1cncs1)CC2. The van der Waals surface area contributed by atoms with E-state index in [1.165, 1.54) is 16.0 Å². The van der Waals surface area contributed by atoms with Gasteiger partial charge in [-0.05, 0) is 24.0 Å². The first kappa shape index (κ1) is 14.5. The Morgan fingerprint density at radius 2 is 1.84 bits per heavy atom. The van der Waals surface area contributed by atoms with Crippen LogP contribution in [0.5, 0.6) is 0 Å². The van der Waals surface area contributed by atoms with Gasteiger partial charge in [-0.3, -0.25) is 4.98 Å². The van der Waals surface area contributed by atoms with Gasteiger partial charge in [0, 0.05) is 30.7 Å². The lowest BCUT2D eigenvalue weighted by molar-refractivity contribution is 0.194. The molecule has 19 heavy (non-hydrogen) atoms. The summed E-state index contributed by atoms with van der Waals surface area (Å²) < 4.78 is 0. The van der Waals surface area contributed by atoms with Crippen molar-refractivity contribution in [3.63, 3.8) is 0 Å². The van der Waals surface area contributed by atoms with E-state index in [0.29, 0.717) is 0 Å². The van der Waals surface area contributed by atoms with E-state index >= 15 is 0 Å². The van der Waals surface area contributed by atoms with Gasteiger partial charge >= 0.3 is 0 Å². The largest absolute Gasteiger partial charge is 0.253 e. The summed E-state index contributed by atoms with van der Waals surface area (Å²) in [6.07, 6.45) is 4.20. The first-order chi connectivity index (χ1) is 8.92. The van der Waals surface area contributed by atoms with Gasteiger partial charge in [0.25, 0.3) is 0 Å². The molecule has 1 aliphatic rings. The summed E-state index contributed by atoms with van der Waals surface area (Å²) in [4.78, 5) is 5.39. The number of halogens is 1. The molecular formula is C14H18ClN3S. The molecule has 0 aliphatic carbocycles. The standard InChI is InChI=1S/C14H17N3S.ClH/c1-2-4-13-6-8-17(7-5-12(13)3-1)16-10-14-9-15-11-18-14;/h1-4,9,11,16H,5-8,10H2;1H. The monoisotopic (exact) mass is 295 g/mol. The fourth-order valence-corrected chi connectivity index (χ4v) is 2.87. The predicted molar refractivity (Wildman–Crippen MR) is 81.6 cm³/mol. The molecule has 0 radical (unpaired) electrons. The van der Waals surface area contributed by atoms with E-state index in [9.17, 15) is 0 Å². The number of benzene rings is 1. The number of aromatic nitrogens is 1. The molecule has 3 rings (SSSR count). The van der Waals surface area contributed by atoms with Crippen LogP contribution < -0.4 is 5.43 Å². The van der Waals surface area contributed by atoms with Crippen molar-refractivity contribution in [3.8, 4) is 0 Å². The number of thiazole rings is 1. The lowest BCUT2D eigenvalue weighted by Crippen LogP contribution is -2.39. The van der Waals surface area contributed by atoms with Crippen molar-refractivity contribution in [2.75, 3.05) is 13.1 Å². The highest BCUT2D eigenvalue weighted by Gasteiger charge is 2.12. The van der Waals surface area contributed by atoms with Crippen LogP contribution in [-0.2, 0) is 19.4 Å². The van der Waals surface area contributed by atoms with Crippen LogP contribution in [0.4, 0.5) is 0 Å². The van der Waals surface area contributed by atoms with Crippen LogP contribution in [0, 0.1) is 0 Å². The highest BCUT2D eigenvalue weighted by Crippen LogP contribution is 2.14. The van der Waals surface area contributed by atoms with E-state index in [-0.39, 0.29) is 12.4 Å². The maximum Gasteiger partial charge on any atom is 0.0794 e. The molecule has 0 bridgehead atoms. The Morgan fingerprint density at radius 3 is 2.42 bits per heavy atom. The fourth-order valence-electron chi connectivity index (χ4n) is 2.35. The van der Waals surface area contributed by atoms with Crippen molar-refractivity contribution in [2.24, 2.45) is 0 Å². The first-order valence-electron chi connectivity index (χ1n) is 6.34. The third-order valence-corrected chi connectivity index (χ3v) is 4.16. The molecule has 1 aliphatic heterocycles. The summed E-state index contributed by atoms with van der Waals surface area (Å²) in [5.41, 5.74) is 8.39. The van der Waals surface area contributed by atoms with Crippen LogP contribution in [0.2, 0.25) is 0 Å². The van der Waals surface area contributed by atoms with Crippen molar-refractivity contribution in [1.82, 2.24) is 15.4 Å². The number of hydrogen-bond donors (Lipinski definition) is 1. The molecule has 5 heteroatoms. The normalized spacial score (nSPS) is 15.4. The number of fused-ring (bicyclic) bond motifs is 1. The molecular weight excluding hydrogens is 278 g/mol. The number of rotatable bonds is 3. The fraction of sp³-hybridized carbons (Fsp3) is 0.357. The minimum absolute atomic E-state index is 0. The Hall–Kier alpha value is -0.940. The van der Waals surface area contributed by atoms with Crippen LogP contribution in [0.15, 0.2) is 36.0 Å². The molecule has 102 valence electrons. The van der Waals surface area contributed by atoms with Gasteiger partial charge in [-0.25, -0.2) is 10.4 Å². The predicted octanol–water partition coefficient (Wildman–Crippen LogP) is 2.67. The minimum atomic E-state index is 0. The zero-order chi connectivity index (χ0) is 12.2. The Morgan fingerprint density at radius 1 is 1.16 bits per heavy atom. The quantitative estimate of drug-likeness (QED) is 0.944. The zero-order valence-corrected chi connectivity index (χ0v) is 12.3. The molecule has 0 unspecified atom stereocenters. The van der Waals surface area contributed by atoms with E-state index in [0.717, 1.165) is 32.5 Å².